The molecule has 0 N–H and O–H groups in total. The molecule has 0 atom stereocenters. The van der Waals surface area contributed by atoms with Gasteiger partial charge in [0.05, 0.1) is 22.4 Å². The molecule has 3 aromatic heterocycles. The van der Waals surface area contributed by atoms with Crippen molar-refractivity contribution in [3.8, 4) is 16.9 Å². The average Bonchev–Trinajstić information content (AvgIpc) is 3.77. The normalized spacial score (nSPS) is 12.9. The summed E-state index contributed by atoms with van der Waals surface area (Å²) in [6.07, 6.45) is 3.86. The molecular weight excluding hydrogens is 881 g/mol. The van der Waals surface area contributed by atoms with Gasteiger partial charge in [-0.05, 0) is 102 Å². The molecule has 0 radical (unpaired) electrons. The molecule has 0 fully saturated rings. The van der Waals surface area contributed by atoms with E-state index in [1.165, 1.54) is 57.8 Å². The number of aromatic nitrogens is 3. The van der Waals surface area contributed by atoms with Gasteiger partial charge in [-0.2, -0.15) is 0 Å². The summed E-state index contributed by atoms with van der Waals surface area (Å²) in [6.45, 7) is 0. The Morgan fingerprint density at radius 3 is 1.59 bits per heavy atom. The van der Waals surface area contributed by atoms with Crippen LogP contribution in [0.15, 0.2) is 279 Å². The molecule has 4 heterocycles. The smallest absolute Gasteiger partial charge is 0.186 e. The molecule has 12 aromatic rings. The van der Waals surface area contributed by atoms with E-state index in [0.717, 1.165) is 39.7 Å². The zero-order valence-corrected chi connectivity index (χ0v) is 40.3. The zero-order chi connectivity index (χ0) is 46.5. The highest BCUT2D eigenvalue weighted by Crippen LogP contribution is 2.41. The van der Waals surface area contributed by atoms with Gasteiger partial charge in [0.1, 0.15) is 5.82 Å². The van der Waals surface area contributed by atoms with E-state index in [2.05, 4.69) is 270 Å². The molecule has 0 bridgehead atoms. The van der Waals surface area contributed by atoms with Crippen molar-refractivity contribution in [3.05, 3.63) is 279 Å². The molecule has 0 saturated heterocycles. The lowest BCUT2D eigenvalue weighted by Crippen LogP contribution is -2.77. The third-order valence-electron chi connectivity index (χ3n) is 14.5. The fourth-order valence-corrected chi connectivity index (χ4v) is 21.5. The molecule has 1 aliphatic heterocycles. The van der Waals surface area contributed by atoms with Crippen LogP contribution in [-0.4, -0.2) is 30.7 Å². The predicted molar refractivity (Wildman–Crippen MR) is 297 cm³/mol. The summed E-state index contributed by atoms with van der Waals surface area (Å²) in [7, 11) is -6.15. The van der Waals surface area contributed by atoms with Crippen LogP contribution in [0.4, 0.5) is 17.2 Å². The molecule has 0 unspecified atom stereocenters. The fourth-order valence-electron chi connectivity index (χ4n) is 11.6. The number of hydrogen-bond donors (Lipinski definition) is 0. The summed E-state index contributed by atoms with van der Waals surface area (Å²) < 4.78 is 2.44. The second-order valence-corrected chi connectivity index (χ2v) is 25.6. The third-order valence-corrected chi connectivity index (χ3v) is 24.0. The first kappa shape index (κ1) is 41.5. The highest BCUT2D eigenvalue weighted by molar-refractivity contribution is 7.21. The van der Waals surface area contributed by atoms with Gasteiger partial charge in [-0.3, -0.25) is 9.88 Å². The highest BCUT2D eigenvalue weighted by Gasteiger charge is 2.50. The summed E-state index contributed by atoms with van der Waals surface area (Å²) >= 11 is 0. The van der Waals surface area contributed by atoms with Crippen LogP contribution in [0.3, 0.4) is 0 Å². The van der Waals surface area contributed by atoms with E-state index in [-0.39, 0.29) is 0 Å². The second-order valence-electron chi connectivity index (χ2n) is 18.1. The van der Waals surface area contributed by atoms with Crippen LogP contribution in [0.5, 0.6) is 0 Å². The van der Waals surface area contributed by atoms with Crippen LogP contribution in [0.25, 0.3) is 38.8 Å². The van der Waals surface area contributed by atoms with Crippen molar-refractivity contribution < 1.29 is 0 Å². The Morgan fingerprint density at radius 1 is 0.357 bits per heavy atom. The van der Waals surface area contributed by atoms with Gasteiger partial charge >= 0.3 is 0 Å². The number of para-hydroxylation sites is 2. The lowest BCUT2D eigenvalue weighted by molar-refractivity contribution is 1.17. The number of rotatable bonds is 9. The summed E-state index contributed by atoms with van der Waals surface area (Å²) in [4.78, 5) is 12.8. The summed E-state index contributed by atoms with van der Waals surface area (Å²) in [5.74, 6) is 0.956. The van der Waals surface area contributed by atoms with Gasteiger partial charge in [-0.1, -0.05) is 206 Å². The number of fused-ring (bicyclic) bond motifs is 5. The van der Waals surface area contributed by atoms with Crippen molar-refractivity contribution in [3.63, 3.8) is 0 Å². The predicted octanol–water partition coefficient (Wildman–Crippen LogP) is 9.78. The standard InChI is InChI=1S/C64H46N4Si2/c1-6-24-48(25-7-1)67-59-39-17-16-37-56(59)57-45-63-61(46-60(57)67)68(64-62(40-22-42-66-64)70(63,52-31-12-4-13-32-52)53-33-14-5-15-34-53)49-26-21-36-55(44-49)69(50-27-8-2-9-28-50,51-29-10-3-11-30-51)54-35-20-23-47(43-54)58-38-18-19-41-65-58/h1-46H. The van der Waals surface area contributed by atoms with Gasteiger partial charge in [0, 0.05) is 40.1 Å². The van der Waals surface area contributed by atoms with E-state index in [1.807, 2.05) is 18.5 Å². The van der Waals surface area contributed by atoms with E-state index < -0.39 is 16.1 Å². The number of pyridine rings is 2. The van der Waals surface area contributed by atoms with Gasteiger partial charge in [0.2, 0.25) is 0 Å². The molecule has 0 saturated carbocycles. The molecule has 1 aliphatic rings. The quantitative estimate of drug-likeness (QED) is 0.107. The highest BCUT2D eigenvalue weighted by atomic mass is 28.3. The zero-order valence-electron chi connectivity index (χ0n) is 38.3. The maximum Gasteiger partial charge on any atom is 0.186 e. The summed E-state index contributed by atoms with van der Waals surface area (Å²) in [6, 6.07) is 98.9. The topological polar surface area (TPSA) is 34.0 Å². The van der Waals surface area contributed by atoms with Gasteiger partial charge in [0.25, 0.3) is 0 Å². The monoisotopic (exact) mass is 926 g/mol. The number of benzene rings is 9. The van der Waals surface area contributed by atoms with Crippen LogP contribution in [-0.2, 0) is 0 Å². The van der Waals surface area contributed by atoms with Gasteiger partial charge in [-0.15, -0.1) is 0 Å². The van der Waals surface area contributed by atoms with Crippen LogP contribution in [0.2, 0.25) is 0 Å². The lowest BCUT2D eigenvalue weighted by Gasteiger charge is -2.44. The molecule has 0 amide bonds. The SMILES string of the molecule is c1ccc(-n2c3ccccc3c3cc4c(cc32)N(c2cccc([Si](c3ccccc3)(c3ccccc3)c3cccc(-c5ccccn5)c3)c2)c2ncccc2[Si]4(c2ccccc2)c2ccccc2)cc1. The van der Waals surface area contributed by atoms with E-state index in [4.69, 9.17) is 9.97 Å². The molecule has 13 rings (SSSR count). The molecular formula is C64H46N4Si2. The first-order valence-corrected chi connectivity index (χ1v) is 28.0. The van der Waals surface area contributed by atoms with Crippen molar-refractivity contribution in [2.24, 2.45) is 0 Å². The first-order valence-electron chi connectivity index (χ1n) is 24.0. The Hall–Kier alpha value is -8.69. The van der Waals surface area contributed by atoms with E-state index in [1.54, 1.807) is 0 Å². The first-order chi connectivity index (χ1) is 34.7. The molecule has 330 valence electrons. The van der Waals surface area contributed by atoms with Crippen molar-refractivity contribution in [2.45, 2.75) is 0 Å². The van der Waals surface area contributed by atoms with Crippen LogP contribution in [0, 0.1) is 0 Å². The van der Waals surface area contributed by atoms with Crippen molar-refractivity contribution in [1.82, 2.24) is 14.5 Å². The number of nitrogens with zero attached hydrogens (tertiary/aromatic N) is 4. The van der Waals surface area contributed by atoms with Gasteiger partial charge in [0.15, 0.2) is 16.1 Å². The van der Waals surface area contributed by atoms with Crippen molar-refractivity contribution in [1.29, 1.82) is 0 Å². The van der Waals surface area contributed by atoms with Crippen molar-refractivity contribution in [2.75, 3.05) is 4.90 Å². The fraction of sp³-hybridized carbons (Fsp3) is 0. The van der Waals surface area contributed by atoms with Crippen LogP contribution >= 0.6 is 0 Å². The Morgan fingerprint density at radius 2 is 0.914 bits per heavy atom. The summed E-state index contributed by atoms with van der Waals surface area (Å²) in [5.41, 5.74) is 7.71. The molecule has 9 aromatic carbocycles. The Balaban J connectivity index is 1.15. The Bertz CT molecular complexity index is 3750. The Labute approximate surface area is 410 Å². The third kappa shape index (κ3) is 6.42. The molecule has 70 heavy (non-hydrogen) atoms. The maximum atomic E-state index is 5.50. The van der Waals surface area contributed by atoms with Gasteiger partial charge < -0.3 is 4.57 Å². The Kier molecular flexibility index (Phi) is 10.2. The molecule has 4 nitrogen and oxygen atoms in total. The van der Waals surface area contributed by atoms with Crippen molar-refractivity contribution >= 4 is 96.6 Å². The minimum atomic E-state index is -3.08. The molecule has 0 spiro atoms. The maximum absolute atomic E-state index is 5.50. The lowest BCUT2D eigenvalue weighted by atomic mass is 10.1. The summed E-state index contributed by atoms with van der Waals surface area (Å²) in [5, 5.41) is 12.9. The minimum absolute atomic E-state index is 0.956. The van der Waals surface area contributed by atoms with Gasteiger partial charge in [-0.25, -0.2) is 4.98 Å². The minimum Gasteiger partial charge on any atom is -0.309 e. The second kappa shape index (κ2) is 17.1. The molecule has 6 heteroatoms. The van der Waals surface area contributed by atoms with E-state index in [9.17, 15) is 0 Å². The number of anilines is 3. The van der Waals surface area contributed by atoms with Crippen LogP contribution < -0.4 is 46.4 Å². The van der Waals surface area contributed by atoms with E-state index in [0.29, 0.717) is 0 Å². The largest absolute Gasteiger partial charge is 0.309 e. The van der Waals surface area contributed by atoms with Crippen LogP contribution in [0.1, 0.15) is 0 Å². The molecule has 0 aliphatic carbocycles. The van der Waals surface area contributed by atoms with E-state index >= 15 is 0 Å². The average molecular weight is 927 g/mol. The number of hydrogen-bond acceptors (Lipinski definition) is 3.